The van der Waals surface area contributed by atoms with Gasteiger partial charge in [0.15, 0.2) is 0 Å². The first-order valence-electron chi connectivity index (χ1n) is 10.0. The van der Waals surface area contributed by atoms with Gasteiger partial charge < -0.3 is 19.5 Å². The highest BCUT2D eigenvalue weighted by Gasteiger charge is 2.17. The standard InChI is InChI=1S/C23H29N3O4/c1-15-7-8-16(2)21(10-15)25-23(24-14-18-6-5-9-30-18)26-22(27)17-11-19(28-3)13-20(12-17)29-4/h7-8,10-13,18H,5-6,9,14H2,1-4H3,(H2,24,25,26,27)/t18-/m0/s1. The third kappa shape index (κ3) is 5.73. The number of amides is 1. The Hall–Kier alpha value is -3.06. The molecule has 160 valence electrons. The van der Waals surface area contributed by atoms with Crippen molar-refractivity contribution in [3.8, 4) is 11.5 Å². The van der Waals surface area contributed by atoms with Crippen LogP contribution in [0.5, 0.6) is 11.5 Å². The van der Waals surface area contributed by atoms with E-state index in [1.807, 2.05) is 32.0 Å². The number of hydrogen-bond acceptors (Lipinski definition) is 5. The Kier molecular flexibility index (Phi) is 7.30. The highest BCUT2D eigenvalue weighted by molar-refractivity contribution is 6.10. The maximum atomic E-state index is 13.0. The molecule has 7 nitrogen and oxygen atoms in total. The number of aryl methyl sites for hydroxylation is 2. The second-order valence-corrected chi connectivity index (χ2v) is 7.32. The lowest BCUT2D eigenvalue weighted by Crippen LogP contribution is -2.37. The number of guanidine groups is 1. The first-order valence-corrected chi connectivity index (χ1v) is 10.0. The largest absolute Gasteiger partial charge is 0.497 e. The molecule has 0 aliphatic carbocycles. The molecule has 0 bridgehead atoms. The zero-order valence-corrected chi connectivity index (χ0v) is 18.0. The number of rotatable bonds is 6. The van der Waals surface area contributed by atoms with E-state index in [2.05, 4.69) is 15.6 Å². The van der Waals surface area contributed by atoms with Crippen molar-refractivity contribution in [2.75, 3.05) is 32.7 Å². The van der Waals surface area contributed by atoms with Gasteiger partial charge in [0.2, 0.25) is 5.96 Å². The molecule has 0 spiro atoms. The predicted octanol–water partition coefficient (Wildman–Crippen LogP) is 3.70. The van der Waals surface area contributed by atoms with E-state index >= 15 is 0 Å². The summed E-state index contributed by atoms with van der Waals surface area (Å²) in [6.45, 7) is 5.27. The number of hydrogen-bond donors (Lipinski definition) is 2. The van der Waals surface area contributed by atoms with Gasteiger partial charge in [0.1, 0.15) is 11.5 Å². The van der Waals surface area contributed by atoms with E-state index in [1.165, 1.54) is 0 Å². The third-order valence-corrected chi connectivity index (χ3v) is 4.97. The van der Waals surface area contributed by atoms with E-state index in [4.69, 9.17) is 14.2 Å². The van der Waals surface area contributed by atoms with Crippen LogP contribution in [0, 0.1) is 13.8 Å². The molecule has 0 aromatic heterocycles. The van der Waals surface area contributed by atoms with E-state index in [1.54, 1.807) is 32.4 Å². The van der Waals surface area contributed by atoms with E-state index in [0.29, 0.717) is 29.6 Å². The van der Waals surface area contributed by atoms with Crippen molar-refractivity contribution in [3.05, 3.63) is 53.1 Å². The Morgan fingerprint density at radius 1 is 1.13 bits per heavy atom. The summed E-state index contributed by atoms with van der Waals surface area (Å²) in [5.41, 5.74) is 3.48. The minimum Gasteiger partial charge on any atom is -0.497 e. The van der Waals surface area contributed by atoms with Gasteiger partial charge in [-0.15, -0.1) is 0 Å². The number of carbonyl (C=O) groups excluding carboxylic acids is 1. The quantitative estimate of drug-likeness (QED) is 0.560. The summed E-state index contributed by atoms with van der Waals surface area (Å²) in [6, 6.07) is 11.1. The molecular formula is C23H29N3O4. The van der Waals surface area contributed by atoms with Crippen molar-refractivity contribution >= 4 is 17.6 Å². The van der Waals surface area contributed by atoms with Crippen LogP contribution in [0.15, 0.2) is 41.4 Å². The molecule has 1 atom stereocenters. The molecule has 0 radical (unpaired) electrons. The van der Waals surface area contributed by atoms with Gasteiger partial charge >= 0.3 is 0 Å². The molecule has 1 amide bonds. The average molecular weight is 412 g/mol. The summed E-state index contributed by atoms with van der Waals surface area (Å²) in [5.74, 6) is 1.15. The van der Waals surface area contributed by atoms with Crippen LogP contribution < -0.4 is 20.1 Å². The van der Waals surface area contributed by atoms with Crippen molar-refractivity contribution in [2.45, 2.75) is 32.8 Å². The number of ether oxygens (including phenoxy) is 3. The maximum absolute atomic E-state index is 13.0. The van der Waals surface area contributed by atoms with Crippen molar-refractivity contribution < 1.29 is 19.0 Å². The molecule has 1 aliphatic heterocycles. The maximum Gasteiger partial charge on any atom is 0.258 e. The summed E-state index contributed by atoms with van der Waals surface area (Å²) in [5, 5.41) is 6.16. The van der Waals surface area contributed by atoms with Crippen LogP contribution in [0.1, 0.15) is 34.3 Å². The van der Waals surface area contributed by atoms with Crippen LogP contribution in [0.3, 0.4) is 0 Å². The normalized spacial score (nSPS) is 16.3. The van der Waals surface area contributed by atoms with Gasteiger partial charge in [-0.05, 0) is 56.0 Å². The fourth-order valence-electron chi connectivity index (χ4n) is 3.21. The molecule has 3 rings (SSSR count). The lowest BCUT2D eigenvalue weighted by molar-refractivity contribution is 0.0975. The third-order valence-electron chi connectivity index (χ3n) is 4.97. The summed E-state index contributed by atoms with van der Waals surface area (Å²) < 4.78 is 16.2. The van der Waals surface area contributed by atoms with Gasteiger partial charge in [-0.25, -0.2) is 4.99 Å². The minimum atomic E-state index is -0.309. The molecule has 2 N–H and O–H groups in total. The summed E-state index contributed by atoms with van der Waals surface area (Å²) >= 11 is 0. The van der Waals surface area contributed by atoms with E-state index in [-0.39, 0.29) is 12.0 Å². The number of benzene rings is 2. The van der Waals surface area contributed by atoms with Crippen LogP contribution in [-0.2, 0) is 4.74 Å². The lowest BCUT2D eigenvalue weighted by Gasteiger charge is -2.16. The molecule has 1 heterocycles. The first kappa shape index (κ1) is 21.6. The molecule has 2 aromatic rings. The number of anilines is 1. The Morgan fingerprint density at radius 3 is 2.50 bits per heavy atom. The molecule has 1 saturated heterocycles. The highest BCUT2D eigenvalue weighted by atomic mass is 16.5. The van der Waals surface area contributed by atoms with Crippen molar-refractivity contribution in [3.63, 3.8) is 0 Å². The molecule has 0 unspecified atom stereocenters. The number of methoxy groups -OCH3 is 2. The van der Waals surface area contributed by atoms with Crippen LogP contribution in [-0.4, -0.2) is 45.3 Å². The second-order valence-electron chi connectivity index (χ2n) is 7.32. The molecule has 1 aliphatic rings. The molecule has 2 aromatic carbocycles. The first-order chi connectivity index (χ1) is 14.5. The smallest absolute Gasteiger partial charge is 0.258 e. The molecular weight excluding hydrogens is 382 g/mol. The topological polar surface area (TPSA) is 81.2 Å². The SMILES string of the molecule is COc1cc(OC)cc(C(=O)NC(=NC[C@@H]2CCCO2)Nc2cc(C)ccc2C)c1. The summed E-state index contributed by atoms with van der Waals surface area (Å²) in [7, 11) is 3.10. The van der Waals surface area contributed by atoms with Crippen LogP contribution in [0.2, 0.25) is 0 Å². The fraction of sp³-hybridized carbons (Fsp3) is 0.391. The van der Waals surface area contributed by atoms with Gasteiger partial charge in [-0.1, -0.05) is 12.1 Å². The van der Waals surface area contributed by atoms with Gasteiger partial charge in [0, 0.05) is 23.9 Å². The number of nitrogens with zero attached hydrogens (tertiary/aromatic N) is 1. The molecule has 0 saturated carbocycles. The van der Waals surface area contributed by atoms with Crippen LogP contribution in [0.4, 0.5) is 5.69 Å². The second kappa shape index (κ2) is 10.1. The molecule has 7 heteroatoms. The number of carbonyl (C=O) groups is 1. The van der Waals surface area contributed by atoms with Gasteiger partial charge in [-0.3, -0.25) is 10.1 Å². The van der Waals surface area contributed by atoms with Gasteiger partial charge in [0.25, 0.3) is 5.91 Å². The van der Waals surface area contributed by atoms with Crippen LogP contribution >= 0.6 is 0 Å². The zero-order valence-electron chi connectivity index (χ0n) is 18.0. The summed E-state index contributed by atoms with van der Waals surface area (Å²) in [6.07, 6.45) is 2.09. The number of nitrogens with one attached hydrogen (secondary N) is 2. The molecule has 30 heavy (non-hydrogen) atoms. The van der Waals surface area contributed by atoms with Gasteiger partial charge in [-0.2, -0.15) is 0 Å². The average Bonchev–Trinajstić information content (AvgIpc) is 3.27. The van der Waals surface area contributed by atoms with Crippen LogP contribution in [0.25, 0.3) is 0 Å². The zero-order chi connectivity index (χ0) is 21.5. The summed E-state index contributed by atoms with van der Waals surface area (Å²) in [4.78, 5) is 17.6. The van der Waals surface area contributed by atoms with E-state index < -0.39 is 0 Å². The molecule has 1 fully saturated rings. The van der Waals surface area contributed by atoms with E-state index in [0.717, 1.165) is 36.3 Å². The Morgan fingerprint density at radius 2 is 1.87 bits per heavy atom. The van der Waals surface area contributed by atoms with Crippen molar-refractivity contribution in [2.24, 2.45) is 4.99 Å². The van der Waals surface area contributed by atoms with Crippen molar-refractivity contribution in [1.29, 1.82) is 0 Å². The monoisotopic (exact) mass is 411 g/mol. The Labute approximate surface area is 177 Å². The lowest BCUT2D eigenvalue weighted by atomic mass is 10.1. The van der Waals surface area contributed by atoms with Gasteiger partial charge in [0.05, 0.1) is 26.9 Å². The van der Waals surface area contributed by atoms with E-state index in [9.17, 15) is 4.79 Å². The predicted molar refractivity (Wildman–Crippen MR) is 118 cm³/mol. The number of aliphatic imine (C=N–C) groups is 1. The Bertz CT molecular complexity index is 898. The Balaban J connectivity index is 1.83. The van der Waals surface area contributed by atoms with Crippen molar-refractivity contribution in [1.82, 2.24) is 5.32 Å². The minimum absolute atomic E-state index is 0.0780. The fourth-order valence-corrected chi connectivity index (χ4v) is 3.21. The highest BCUT2D eigenvalue weighted by Crippen LogP contribution is 2.22.